The van der Waals surface area contributed by atoms with Gasteiger partial charge in [0, 0.05) is 28.5 Å². The van der Waals surface area contributed by atoms with Crippen molar-refractivity contribution in [3.63, 3.8) is 0 Å². The van der Waals surface area contributed by atoms with Gasteiger partial charge in [0.2, 0.25) is 0 Å². The van der Waals surface area contributed by atoms with Gasteiger partial charge in [-0.3, -0.25) is 0 Å². The molecule has 1 heterocycles. The van der Waals surface area contributed by atoms with Crippen molar-refractivity contribution >= 4 is 28.1 Å². The number of ether oxygens (including phenoxy) is 1. The van der Waals surface area contributed by atoms with Gasteiger partial charge in [-0.2, -0.15) is 13.2 Å². The third-order valence-corrected chi connectivity index (χ3v) is 5.52. The van der Waals surface area contributed by atoms with Crippen LogP contribution < -0.4 is 15.2 Å². The number of alkyl halides is 3. The van der Waals surface area contributed by atoms with Crippen molar-refractivity contribution in [2.45, 2.75) is 12.6 Å². The Morgan fingerprint density at radius 2 is 1.67 bits per heavy atom. The Balaban J connectivity index is 1.60. The van der Waals surface area contributed by atoms with Gasteiger partial charge >= 0.3 is 6.18 Å². The van der Waals surface area contributed by atoms with E-state index in [9.17, 15) is 23.1 Å². The number of benzene rings is 3. The zero-order valence-corrected chi connectivity index (χ0v) is 17.7. The van der Waals surface area contributed by atoms with Crippen LogP contribution in [0, 0.1) is 0 Å². The third-order valence-electron chi connectivity index (χ3n) is 4.55. The Hall–Kier alpha value is -3.85. The Labute approximate surface area is 191 Å². The summed E-state index contributed by atoms with van der Waals surface area (Å²) in [7, 11) is 0. The number of halogens is 3. The van der Waals surface area contributed by atoms with Crippen molar-refractivity contribution in [1.82, 2.24) is 4.98 Å². The summed E-state index contributed by atoms with van der Waals surface area (Å²) in [6.07, 6.45) is -4.85. The molecular formula is C24H16F3N2O3S-. The number of carbonyl (C=O) groups is 1. The molecule has 9 heteroatoms. The predicted molar refractivity (Wildman–Crippen MR) is 118 cm³/mol. The van der Waals surface area contributed by atoms with E-state index in [4.69, 9.17) is 4.74 Å². The van der Waals surface area contributed by atoms with Crippen molar-refractivity contribution in [2.75, 3.05) is 5.32 Å². The molecule has 0 atom stereocenters. The van der Waals surface area contributed by atoms with Crippen LogP contribution in [0.5, 0.6) is 11.5 Å². The van der Waals surface area contributed by atoms with Crippen LogP contribution in [-0.4, -0.2) is 11.0 Å². The zero-order valence-electron chi connectivity index (χ0n) is 16.9. The van der Waals surface area contributed by atoms with E-state index in [-0.39, 0.29) is 17.2 Å². The number of hydrogen-bond acceptors (Lipinski definition) is 6. The lowest BCUT2D eigenvalue weighted by Gasteiger charge is -2.09. The number of nitrogens with one attached hydrogen (secondary N) is 1. The molecule has 4 rings (SSSR count). The average molecular weight is 469 g/mol. The van der Waals surface area contributed by atoms with Gasteiger partial charge in [-0.25, -0.2) is 4.98 Å². The molecule has 4 aromatic rings. The van der Waals surface area contributed by atoms with Crippen LogP contribution in [0.4, 0.5) is 24.0 Å². The number of aliphatic carboxylic acids is 1. The molecular weight excluding hydrogens is 453 g/mol. The topological polar surface area (TPSA) is 74.3 Å². The van der Waals surface area contributed by atoms with Gasteiger partial charge in [0.1, 0.15) is 11.5 Å². The SMILES string of the molecule is O=C([O-])Cc1sc(Nc2cccc(C(F)(F)F)c2)nc1-c1ccc(Oc2ccccc2)cc1. The summed E-state index contributed by atoms with van der Waals surface area (Å²) >= 11 is 1.04. The largest absolute Gasteiger partial charge is 0.550 e. The van der Waals surface area contributed by atoms with Crippen LogP contribution in [-0.2, 0) is 17.4 Å². The molecule has 0 spiro atoms. The molecule has 5 nitrogen and oxygen atoms in total. The highest BCUT2D eigenvalue weighted by Gasteiger charge is 2.30. The minimum absolute atomic E-state index is 0.191. The van der Waals surface area contributed by atoms with Gasteiger partial charge in [0.25, 0.3) is 0 Å². The zero-order chi connectivity index (χ0) is 23.4. The molecule has 168 valence electrons. The van der Waals surface area contributed by atoms with E-state index in [1.165, 1.54) is 12.1 Å². The molecule has 0 unspecified atom stereocenters. The molecule has 0 radical (unpaired) electrons. The monoisotopic (exact) mass is 469 g/mol. The van der Waals surface area contributed by atoms with E-state index in [0.29, 0.717) is 27.6 Å². The van der Waals surface area contributed by atoms with E-state index < -0.39 is 17.7 Å². The second kappa shape index (κ2) is 9.33. The number of carbonyl (C=O) groups excluding carboxylic acids is 1. The predicted octanol–water partition coefficient (Wildman–Crippen LogP) is 5.66. The van der Waals surface area contributed by atoms with E-state index >= 15 is 0 Å². The maximum absolute atomic E-state index is 13.0. The minimum atomic E-state index is -4.48. The first-order chi connectivity index (χ1) is 15.8. The van der Waals surface area contributed by atoms with Crippen molar-refractivity contribution < 1.29 is 27.8 Å². The van der Waals surface area contributed by atoms with Crippen LogP contribution in [0.25, 0.3) is 11.3 Å². The summed E-state index contributed by atoms with van der Waals surface area (Å²) < 4.78 is 44.7. The number of aromatic nitrogens is 1. The molecule has 0 bridgehead atoms. The average Bonchev–Trinajstić information content (AvgIpc) is 3.16. The van der Waals surface area contributed by atoms with Crippen LogP contribution in [0.15, 0.2) is 78.9 Å². The fourth-order valence-electron chi connectivity index (χ4n) is 3.08. The van der Waals surface area contributed by atoms with Gasteiger partial charge in [0.05, 0.1) is 11.3 Å². The number of thiazole rings is 1. The second-order valence-corrected chi connectivity index (χ2v) is 8.07. The summed E-state index contributed by atoms with van der Waals surface area (Å²) in [5.41, 5.74) is 0.440. The summed E-state index contributed by atoms with van der Waals surface area (Å²) in [4.78, 5) is 16.1. The normalized spacial score (nSPS) is 11.2. The number of carboxylic acids is 1. The van der Waals surface area contributed by atoms with E-state index in [1.54, 1.807) is 24.3 Å². The van der Waals surface area contributed by atoms with Crippen molar-refractivity contribution in [1.29, 1.82) is 0 Å². The molecule has 0 aliphatic rings. The fourth-order valence-corrected chi connectivity index (χ4v) is 4.07. The molecule has 3 aromatic carbocycles. The summed E-state index contributed by atoms with van der Waals surface area (Å²) in [5, 5.41) is 14.3. The summed E-state index contributed by atoms with van der Waals surface area (Å²) in [6, 6.07) is 20.8. The smallest absolute Gasteiger partial charge is 0.416 e. The number of anilines is 2. The van der Waals surface area contributed by atoms with E-state index in [2.05, 4.69) is 10.3 Å². The molecule has 0 aliphatic heterocycles. The number of carboxylic acid groups (broad SMARTS) is 1. The standard InChI is InChI=1S/C24H17F3N2O3S/c25-24(26,27)16-5-4-6-17(13-16)28-23-29-22(20(33-23)14-21(30)31)15-9-11-19(12-10-15)32-18-7-2-1-3-8-18/h1-13H,14H2,(H,28,29)(H,30,31)/p-1. The van der Waals surface area contributed by atoms with Crippen molar-refractivity contribution in [3.8, 4) is 22.8 Å². The van der Waals surface area contributed by atoms with E-state index in [0.717, 1.165) is 23.5 Å². The maximum atomic E-state index is 13.0. The minimum Gasteiger partial charge on any atom is -0.550 e. The molecule has 0 aliphatic carbocycles. The fraction of sp³-hybridized carbons (Fsp3) is 0.0833. The van der Waals surface area contributed by atoms with Crippen LogP contribution >= 0.6 is 11.3 Å². The maximum Gasteiger partial charge on any atom is 0.416 e. The summed E-state index contributed by atoms with van der Waals surface area (Å²) in [5.74, 6) is -0.0254. The van der Waals surface area contributed by atoms with Crippen LogP contribution in [0.1, 0.15) is 10.4 Å². The Morgan fingerprint density at radius 1 is 0.970 bits per heavy atom. The molecule has 1 aromatic heterocycles. The van der Waals surface area contributed by atoms with Crippen molar-refractivity contribution in [2.24, 2.45) is 0 Å². The van der Waals surface area contributed by atoms with Crippen LogP contribution in [0.2, 0.25) is 0 Å². The van der Waals surface area contributed by atoms with Gasteiger partial charge < -0.3 is 20.0 Å². The van der Waals surface area contributed by atoms with Gasteiger partial charge in [-0.15, -0.1) is 11.3 Å². The van der Waals surface area contributed by atoms with Crippen LogP contribution in [0.3, 0.4) is 0 Å². The highest BCUT2D eigenvalue weighted by atomic mass is 32.1. The first kappa shape index (κ1) is 22.3. The van der Waals surface area contributed by atoms with Gasteiger partial charge in [-0.1, -0.05) is 24.3 Å². The van der Waals surface area contributed by atoms with Gasteiger partial charge in [-0.05, 0) is 54.6 Å². The molecule has 33 heavy (non-hydrogen) atoms. The lowest BCUT2D eigenvalue weighted by atomic mass is 10.1. The Bertz CT molecular complexity index is 1260. The van der Waals surface area contributed by atoms with Gasteiger partial charge in [0.15, 0.2) is 5.13 Å². The highest BCUT2D eigenvalue weighted by Crippen LogP contribution is 2.36. The molecule has 1 N–H and O–H groups in total. The third kappa shape index (κ3) is 5.69. The first-order valence-electron chi connectivity index (χ1n) is 9.75. The number of rotatable bonds is 7. The number of para-hydroxylation sites is 1. The second-order valence-electron chi connectivity index (χ2n) is 6.98. The first-order valence-corrected chi connectivity index (χ1v) is 10.6. The molecule has 0 amide bonds. The number of nitrogens with zero attached hydrogens (tertiary/aromatic N) is 1. The molecule has 0 saturated heterocycles. The lowest BCUT2D eigenvalue weighted by Crippen LogP contribution is -2.24. The van der Waals surface area contributed by atoms with Crippen molar-refractivity contribution in [3.05, 3.63) is 89.3 Å². The lowest BCUT2D eigenvalue weighted by molar-refractivity contribution is -0.304. The quantitative estimate of drug-likeness (QED) is 0.378. The highest BCUT2D eigenvalue weighted by molar-refractivity contribution is 7.16. The number of hydrogen-bond donors (Lipinski definition) is 1. The van der Waals surface area contributed by atoms with E-state index in [1.807, 2.05) is 30.3 Å². The molecule has 0 saturated carbocycles. The summed E-state index contributed by atoms with van der Waals surface area (Å²) in [6.45, 7) is 0. The Morgan fingerprint density at radius 3 is 2.33 bits per heavy atom. The Kier molecular flexibility index (Phi) is 6.32. The molecule has 0 fully saturated rings.